The fourth-order valence-corrected chi connectivity index (χ4v) is 12.7. The number of carbonyl (C=O) groups is 1. The maximum atomic E-state index is 15.3. The van der Waals surface area contributed by atoms with Crippen molar-refractivity contribution in [2.75, 3.05) is 0 Å². The second-order valence-corrected chi connectivity index (χ2v) is 16.4. The van der Waals surface area contributed by atoms with Gasteiger partial charge in [-0.2, -0.15) is 65.9 Å². The van der Waals surface area contributed by atoms with E-state index in [1.165, 1.54) is 0 Å². The molecule has 0 atom stereocenters. The summed E-state index contributed by atoms with van der Waals surface area (Å²) >= 11 is 0. The van der Waals surface area contributed by atoms with Crippen LogP contribution in [0.25, 0.3) is 0 Å². The molecule has 0 unspecified atom stereocenters. The summed E-state index contributed by atoms with van der Waals surface area (Å²) in [6, 6.07) is 0. The Labute approximate surface area is 264 Å². The predicted octanol–water partition coefficient (Wildman–Crippen LogP) is 11.8. The number of hydrogen-bond donors (Lipinski definition) is 0. The average Bonchev–Trinajstić information content (AvgIpc) is 3.52. The van der Waals surface area contributed by atoms with Crippen LogP contribution in [0.15, 0.2) is 0 Å². The van der Waals surface area contributed by atoms with E-state index in [1.54, 1.807) is 0 Å². The summed E-state index contributed by atoms with van der Waals surface area (Å²) in [6.45, 7) is 0. The lowest BCUT2D eigenvalue weighted by Gasteiger charge is -2.55. The van der Waals surface area contributed by atoms with Crippen LogP contribution >= 0.6 is 10.3 Å². The van der Waals surface area contributed by atoms with Gasteiger partial charge in [-0.25, -0.2) is 4.79 Å². The van der Waals surface area contributed by atoms with Gasteiger partial charge in [0.05, 0.1) is 0 Å². The summed E-state index contributed by atoms with van der Waals surface area (Å²) in [5, 5.41) is -2.00. The smallest absolute Gasteiger partial charge is 0.410 e. The molecular weight excluding hydrogens is 697 g/mol. The van der Waals surface area contributed by atoms with Gasteiger partial charge in [-0.1, -0.05) is 87.4 Å². The molecule has 0 aliphatic heterocycles. The molecule has 0 heterocycles. The quantitative estimate of drug-likeness (QED) is 0.165. The Morgan fingerprint density at radius 1 is 0.404 bits per heavy atom. The van der Waals surface area contributed by atoms with Crippen molar-refractivity contribution in [3.05, 3.63) is 0 Å². The molecule has 278 valence electrons. The van der Waals surface area contributed by atoms with Gasteiger partial charge in [-0.05, 0) is 38.5 Å². The van der Waals surface area contributed by atoms with Crippen LogP contribution in [0.2, 0.25) is 0 Å². The Morgan fingerprint density at radius 2 is 0.660 bits per heavy atom. The molecule has 0 saturated heterocycles. The minimum absolute atomic E-state index is 0.296. The lowest BCUT2D eigenvalue weighted by molar-refractivity contribution is -0.450. The van der Waals surface area contributed by atoms with Crippen LogP contribution in [0.5, 0.6) is 0 Å². The van der Waals surface area contributed by atoms with Gasteiger partial charge in [0, 0.05) is 15.7 Å². The molecular formula is C29H39F15O2S. The van der Waals surface area contributed by atoms with Crippen molar-refractivity contribution in [2.45, 2.75) is 173 Å². The first-order chi connectivity index (χ1) is 21.4. The zero-order valence-electron chi connectivity index (χ0n) is 25.4. The molecule has 0 N–H and O–H groups in total. The average molecular weight is 737 g/mol. The fourth-order valence-electron chi connectivity index (χ4n) is 7.13. The fraction of sp³-hybridized carbons (Fsp3) is 0.966. The molecule has 3 rings (SSSR count). The van der Waals surface area contributed by atoms with Crippen LogP contribution < -0.4 is 0 Å². The third kappa shape index (κ3) is 6.92. The lowest BCUT2D eigenvalue weighted by atomic mass is 9.91. The molecule has 0 amide bonds. The lowest BCUT2D eigenvalue weighted by Crippen LogP contribution is -2.73. The minimum Gasteiger partial charge on any atom is -0.410 e. The molecule has 3 fully saturated rings. The van der Waals surface area contributed by atoms with Gasteiger partial charge in [0.1, 0.15) is 0 Å². The predicted molar refractivity (Wildman–Crippen MR) is 144 cm³/mol. The van der Waals surface area contributed by atoms with Crippen molar-refractivity contribution in [1.29, 1.82) is 0 Å². The molecule has 0 bridgehead atoms. The highest BCUT2D eigenvalue weighted by atomic mass is 32.3. The maximum Gasteiger partial charge on any atom is 0.460 e. The second kappa shape index (κ2) is 14.2. The summed E-state index contributed by atoms with van der Waals surface area (Å²) in [7, 11) is -3.28. The summed E-state index contributed by atoms with van der Waals surface area (Å²) in [4.78, 5) is 13.2. The van der Waals surface area contributed by atoms with E-state index in [4.69, 9.17) is 4.18 Å². The van der Waals surface area contributed by atoms with E-state index in [1.807, 2.05) is 0 Å². The molecule has 0 aromatic carbocycles. The van der Waals surface area contributed by atoms with E-state index in [0.29, 0.717) is 116 Å². The highest BCUT2D eigenvalue weighted by Gasteiger charge is 2.94. The Balaban J connectivity index is 2.15. The standard InChI is InChI=1S/C29H39F15O2S/c30-23(31,24(32,33)25(34,35)26(36,37)27(38,39)28(40,41)29(42,43)44)22(45)46-47(19-13-7-1-2-8-14-19,20-15-9-3-4-10-16-20)21-17-11-5-6-12-18-21/h19-21H,1-18H2. The largest absolute Gasteiger partial charge is 0.460 e. The summed E-state index contributed by atoms with van der Waals surface area (Å²) in [6.07, 6.45) is 1.41. The molecule has 3 aliphatic carbocycles. The van der Waals surface area contributed by atoms with Crippen molar-refractivity contribution in [3.8, 4) is 0 Å². The zero-order valence-corrected chi connectivity index (χ0v) is 26.2. The third-order valence-corrected chi connectivity index (χ3v) is 14.8. The SMILES string of the molecule is O=C(OS(C1CCCCCC1)(C1CCCCCC1)C1CCCCCC1)C(F)(F)C(F)(F)C(F)(F)C(F)(F)C(F)(F)C(F)(F)C(F)(F)F. The van der Waals surface area contributed by atoms with E-state index < -0.39 is 73.7 Å². The number of hydrogen-bond acceptors (Lipinski definition) is 2. The van der Waals surface area contributed by atoms with E-state index in [2.05, 4.69) is 0 Å². The Morgan fingerprint density at radius 3 is 0.936 bits per heavy atom. The van der Waals surface area contributed by atoms with Gasteiger partial charge in [-0.3, -0.25) is 0 Å². The van der Waals surface area contributed by atoms with Crippen molar-refractivity contribution in [2.24, 2.45) is 0 Å². The molecule has 2 nitrogen and oxygen atoms in total. The molecule has 0 aromatic heterocycles. The van der Waals surface area contributed by atoms with Crippen LogP contribution in [0.3, 0.4) is 0 Å². The zero-order chi connectivity index (χ0) is 35.7. The number of halogens is 15. The Bertz CT molecular complexity index is 988. The Hall–Kier alpha value is -1.23. The van der Waals surface area contributed by atoms with E-state index in [0.717, 1.165) is 0 Å². The number of rotatable bonds is 10. The number of carbonyl (C=O) groups excluding carboxylic acids is 1. The molecule has 18 heteroatoms. The minimum atomic E-state index is -8.44. The summed E-state index contributed by atoms with van der Waals surface area (Å²) in [5.41, 5.74) is 0. The molecule has 47 heavy (non-hydrogen) atoms. The van der Waals surface area contributed by atoms with Gasteiger partial charge in [0.25, 0.3) is 0 Å². The van der Waals surface area contributed by atoms with Crippen LogP contribution in [0.1, 0.15) is 116 Å². The highest BCUT2D eigenvalue weighted by molar-refractivity contribution is 8.31. The first-order valence-corrected chi connectivity index (χ1v) is 17.6. The summed E-state index contributed by atoms with van der Waals surface area (Å²) < 4.78 is 215. The van der Waals surface area contributed by atoms with Gasteiger partial charge in [0.15, 0.2) is 0 Å². The first-order valence-electron chi connectivity index (χ1n) is 15.8. The maximum absolute atomic E-state index is 15.3. The first kappa shape index (κ1) is 40.2. The van der Waals surface area contributed by atoms with Crippen LogP contribution in [0, 0.1) is 0 Å². The van der Waals surface area contributed by atoms with Gasteiger partial charge in [0.2, 0.25) is 0 Å². The van der Waals surface area contributed by atoms with E-state index in [-0.39, 0.29) is 0 Å². The third-order valence-electron chi connectivity index (χ3n) is 9.77. The van der Waals surface area contributed by atoms with Crippen LogP contribution in [-0.2, 0) is 8.98 Å². The summed E-state index contributed by atoms with van der Waals surface area (Å²) in [5.74, 6) is -51.6. The monoisotopic (exact) mass is 736 g/mol. The van der Waals surface area contributed by atoms with Gasteiger partial charge < -0.3 is 4.18 Å². The van der Waals surface area contributed by atoms with Gasteiger partial charge >= 0.3 is 47.7 Å². The molecule has 3 saturated carbocycles. The van der Waals surface area contributed by atoms with E-state index >= 15 is 8.78 Å². The second-order valence-electron chi connectivity index (χ2n) is 12.9. The van der Waals surface area contributed by atoms with Crippen LogP contribution in [0.4, 0.5) is 65.9 Å². The normalized spacial score (nSPS) is 22.7. The topological polar surface area (TPSA) is 26.3 Å². The van der Waals surface area contributed by atoms with Crippen molar-refractivity contribution in [3.63, 3.8) is 0 Å². The number of alkyl halides is 15. The Kier molecular flexibility index (Phi) is 12.1. The highest BCUT2D eigenvalue weighted by Crippen LogP contribution is 2.70. The van der Waals surface area contributed by atoms with Crippen molar-refractivity contribution in [1.82, 2.24) is 0 Å². The van der Waals surface area contributed by atoms with Gasteiger partial charge in [-0.15, -0.1) is 0 Å². The molecule has 3 aliphatic rings. The molecule has 0 aromatic rings. The van der Waals surface area contributed by atoms with Crippen molar-refractivity contribution >= 4 is 16.3 Å². The van der Waals surface area contributed by atoms with Crippen molar-refractivity contribution < 1.29 is 74.8 Å². The molecule has 0 radical (unpaired) electrons. The van der Waals surface area contributed by atoms with E-state index in [9.17, 15) is 61.9 Å². The molecule has 0 spiro atoms. The van der Waals surface area contributed by atoms with Crippen LogP contribution in [-0.4, -0.2) is 63.4 Å².